The van der Waals surface area contributed by atoms with E-state index < -0.39 is 10.0 Å². The SMILES string of the molecule is O=C(c1ncc(-c2ccccn2)cn1)N1CCN(S(=O)(=O)c2cc3ccc(Cl)cc3s2)CC1. The average Bonchev–Trinajstić information content (AvgIpc) is 3.28. The molecule has 1 aromatic carbocycles. The van der Waals surface area contributed by atoms with Crippen molar-refractivity contribution in [2.45, 2.75) is 4.21 Å². The molecule has 1 aliphatic heterocycles. The number of hydrogen-bond donors (Lipinski definition) is 0. The Kier molecular flexibility index (Phi) is 5.83. The minimum Gasteiger partial charge on any atom is -0.333 e. The van der Waals surface area contributed by atoms with Gasteiger partial charge in [0.05, 0.1) is 5.69 Å². The average molecular weight is 500 g/mol. The summed E-state index contributed by atoms with van der Waals surface area (Å²) >= 11 is 7.22. The molecule has 33 heavy (non-hydrogen) atoms. The maximum atomic E-state index is 13.1. The molecule has 0 unspecified atom stereocenters. The van der Waals surface area contributed by atoms with Gasteiger partial charge in [-0.15, -0.1) is 11.3 Å². The quantitative estimate of drug-likeness (QED) is 0.426. The number of thiophene rings is 1. The number of carbonyl (C=O) groups is 1. The molecule has 3 aromatic heterocycles. The van der Waals surface area contributed by atoms with Crippen LogP contribution in [0, 0.1) is 0 Å². The van der Waals surface area contributed by atoms with Gasteiger partial charge in [-0.05, 0) is 35.7 Å². The number of nitrogens with zero attached hydrogens (tertiary/aromatic N) is 5. The predicted octanol–water partition coefficient (Wildman–Crippen LogP) is 3.55. The number of aromatic nitrogens is 3. The van der Waals surface area contributed by atoms with Gasteiger partial charge in [0.1, 0.15) is 4.21 Å². The third kappa shape index (κ3) is 4.34. The second-order valence-electron chi connectivity index (χ2n) is 7.45. The highest BCUT2D eigenvalue weighted by Gasteiger charge is 2.32. The third-order valence-corrected chi connectivity index (χ3v) is 9.06. The van der Waals surface area contributed by atoms with Crippen LogP contribution in [-0.2, 0) is 10.0 Å². The maximum absolute atomic E-state index is 13.1. The summed E-state index contributed by atoms with van der Waals surface area (Å²) < 4.78 is 28.8. The summed E-state index contributed by atoms with van der Waals surface area (Å²) in [5.74, 6) is -0.247. The number of rotatable bonds is 4. The maximum Gasteiger partial charge on any atom is 0.291 e. The molecule has 8 nitrogen and oxygen atoms in total. The number of sulfonamides is 1. The van der Waals surface area contributed by atoms with Crippen LogP contribution in [-0.4, -0.2) is 64.7 Å². The van der Waals surface area contributed by atoms with Gasteiger partial charge in [0.15, 0.2) is 0 Å². The van der Waals surface area contributed by atoms with Gasteiger partial charge in [0.25, 0.3) is 15.9 Å². The van der Waals surface area contributed by atoms with Crippen molar-refractivity contribution in [1.29, 1.82) is 0 Å². The molecular weight excluding hydrogens is 482 g/mol. The highest BCUT2D eigenvalue weighted by atomic mass is 35.5. The molecule has 1 amide bonds. The van der Waals surface area contributed by atoms with E-state index >= 15 is 0 Å². The van der Waals surface area contributed by atoms with Crippen LogP contribution < -0.4 is 0 Å². The minimum atomic E-state index is -3.65. The molecule has 0 aliphatic carbocycles. The molecule has 0 N–H and O–H groups in total. The van der Waals surface area contributed by atoms with Crippen molar-refractivity contribution in [3.05, 3.63) is 71.9 Å². The summed E-state index contributed by atoms with van der Waals surface area (Å²) in [6, 6.07) is 12.5. The van der Waals surface area contributed by atoms with Gasteiger partial charge in [-0.2, -0.15) is 4.31 Å². The number of amides is 1. The van der Waals surface area contributed by atoms with E-state index in [-0.39, 0.29) is 42.1 Å². The summed E-state index contributed by atoms with van der Waals surface area (Å²) in [7, 11) is -3.65. The van der Waals surface area contributed by atoms with Crippen molar-refractivity contribution in [1.82, 2.24) is 24.2 Å². The molecule has 0 atom stereocenters. The van der Waals surface area contributed by atoms with Crippen molar-refractivity contribution in [3.8, 4) is 11.3 Å². The number of hydrogen-bond acceptors (Lipinski definition) is 7. The molecule has 0 radical (unpaired) electrons. The fraction of sp³-hybridized carbons (Fsp3) is 0.182. The molecular formula is C22H18ClN5O3S2. The van der Waals surface area contributed by atoms with Gasteiger partial charge in [0.2, 0.25) is 5.82 Å². The number of piperazine rings is 1. The van der Waals surface area contributed by atoms with E-state index in [2.05, 4.69) is 15.0 Å². The van der Waals surface area contributed by atoms with Gasteiger partial charge < -0.3 is 4.90 Å². The number of fused-ring (bicyclic) bond motifs is 1. The first-order chi connectivity index (χ1) is 15.9. The van der Waals surface area contributed by atoms with Gasteiger partial charge in [-0.1, -0.05) is 23.7 Å². The lowest BCUT2D eigenvalue weighted by Crippen LogP contribution is -2.50. The molecule has 11 heteroatoms. The van der Waals surface area contributed by atoms with E-state index in [1.54, 1.807) is 41.7 Å². The Morgan fingerprint density at radius 2 is 1.73 bits per heavy atom. The number of pyridine rings is 1. The lowest BCUT2D eigenvalue weighted by Gasteiger charge is -2.33. The van der Waals surface area contributed by atoms with Crippen molar-refractivity contribution < 1.29 is 13.2 Å². The molecule has 1 aliphatic rings. The smallest absolute Gasteiger partial charge is 0.291 e. The number of carbonyl (C=O) groups excluding carboxylic acids is 1. The predicted molar refractivity (Wildman–Crippen MR) is 127 cm³/mol. The summed E-state index contributed by atoms with van der Waals surface area (Å²) in [6.45, 7) is 0.935. The van der Waals surface area contributed by atoms with E-state index in [0.29, 0.717) is 10.6 Å². The molecule has 0 bridgehead atoms. The van der Waals surface area contributed by atoms with E-state index in [4.69, 9.17) is 11.6 Å². The molecule has 1 fully saturated rings. The highest BCUT2D eigenvalue weighted by Crippen LogP contribution is 2.33. The van der Waals surface area contributed by atoms with Gasteiger partial charge in [0, 0.05) is 60.1 Å². The molecule has 0 spiro atoms. The van der Waals surface area contributed by atoms with Gasteiger partial charge >= 0.3 is 0 Å². The zero-order valence-corrected chi connectivity index (χ0v) is 19.6. The van der Waals surface area contributed by atoms with Crippen LogP contribution in [0.2, 0.25) is 5.02 Å². The summed E-state index contributed by atoms with van der Waals surface area (Å²) in [5.41, 5.74) is 1.44. The summed E-state index contributed by atoms with van der Waals surface area (Å²) in [5, 5.41) is 1.40. The van der Waals surface area contributed by atoms with E-state index in [1.807, 2.05) is 24.3 Å². The molecule has 4 heterocycles. The summed E-state index contributed by atoms with van der Waals surface area (Å²) in [4.78, 5) is 27.0. The molecule has 0 saturated carbocycles. The zero-order chi connectivity index (χ0) is 23.0. The largest absolute Gasteiger partial charge is 0.333 e. The Labute approximate surface area is 199 Å². The van der Waals surface area contributed by atoms with Gasteiger partial charge in [-0.3, -0.25) is 9.78 Å². The number of halogens is 1. The molecule has 5 rings (SSSR count). The Balaban J connectivity index is 1.26. The zero-order valence-electron chi connectivity index (χ0n) is 17.3. The van der Waals surface area contributed by atoms with Crippen molar-refractivity contribution in [2.24, 2.45) is 0 Å². The first kappa shape index (κ1) is 21.9. The van der Waals surface area contributed by atoms with Crippen molar-refractivity contribution >= 4 is 49.0 Å². The third-order valence-electron chi connectivity index (χ3n) is 5.38. The van der Waals surface area contributed by atoms with Crippen molar-refractivity contribution in [3.63, 3.8) is 0 Å². The van der Waals surface area contributed by atoms with Crippen molar-refractivity contribution in [2.75, 3.05) is 26.2 Å². The number of benzene rings is 1. The fourth-order valence-electron chi connectivity index (χ4n) is 3.61. The Morgan fingerprint density at radius 1 is 0.970 bits per heavy atom. The van der Waals surface area contributed by atoms with Crippen LogP contribution >= 0.6 is 22.9 Å². The lowest BCUT2D eigenvalue weighted by molar-refractivity contribution is 0.0685. The van der Waals surface area contributed by atoms with Crippen LogP contribution in [0.25, 0.3) is 21.3 Å². The van der Waals surface area contributed by atoms with Gasteiger partial charge in [-0.25, -0.2) is 18.4 Å². The van der Waals surface area contributed by atoms with E-state index in [9.17, 15) is 13.2 Å². The highest BCUT2D eigenvalue weighted by molar-refractivity contribution is 7.91. The first-order valence-electron chi connectivity index (χ1n) is 10.1. The fourth-order valence-corrected chi connectivity index (χ4v) is 6.86. The Bertz CT molecular complexity index is 1420. The second kappa shape index (κ2) is 8.79. The van der Waals surface area contributed by atoms with Crippen LogP contribution in [0.1, 0.15) is 10.6 Å². The lowest BCUT2D eigenvalue weighted by atomic mass is 10.2. The topological polar surface area (TPSA) is 96.4 Å². The molecule has 4 aromatic rings. The standard InChI is InChI=1S/C22H18ClN5O3S2/c23-17-5-4-15-11-20(32-19(15)12-17)33(30,31)28-9-7-27(8-10-28)22(29)21-25-13-16(14-26-21)18-3-1-2-6-24-18/h1-6,11-14H,7-10H2. The van der Waals surface area contributed by atoms with Crippen LogP contribution in [0.3, 0.4) is 0 Å². The minimum absolute atomic E-state index is 0.0763. The normalized spacial score (nSPS) is 15.1. The van der Waals surface area contributed by atoms with Crippen LogP contribution in [0.15, 0.2) is 65.3 Å². The van der Waals surface area contributed by atoms with Crippen LogP contribution in [0.4, 0.5) is 0 Å². The van der Waals surface area contributed by atoms with E-state index in [0.717, 1.165) is 15.8 Å². The Morgan fingerprint density at radius 3 is 2.42 bits per heavy atom. The monoisotopic (exact) mass is 499 g/mol. The molecule has 1 saturated heterocycles. The summed E-state index contributed by atoms with van der Waals surface area (Å²) in [6.07, 6.45) is 4.81. The van der Waals surface area contributed by atoms with Crippen LogP contribution in [0.5, 0.6) is 0 Å². The first-order valence-corrected chi connectivity index (χ1v) is 12.8. The Hall–Kier alpha value is -2.92. The van der Waals surface area contributed by atoms with E-state index in [1.165, 1.54) is 15.6 Å². The molecule has 168 valence electrons. The second-order valence-corrected chi connectivity index (χ2v) is 11.1.